The van der Waals surface area contributed by atoms with Crippen molar-refractivity contribution in [2.45, 2.75) is 25.7 Å². The molecule has 0 saturated heterocycles. The van der Waals surface area contributed by atoms with Gasteiger partial charge in [0, 0.05) is 27.3 Å². The van der Waals surface area contributed by atoms with Crippen molar-refractivity contribution in [2.75, 3.05) is 5.32 Å². The van der Waals surface area contributed by atoms with Crippen LogP contribution < -0.4 is 15.4 Å². The quantitative estimate of drug-likeness (QED) is 0.448. The van der Waals surface area contributed by atoms with Crippen LogP contribution >= 0.6 is 0 Å². The highest BCUT2D eigenvalue weighted by atomic mass is 16.5. The van der Waals surface area contributed by atoms with Crippen LogP contribution in [0, 0.1) is 11.8 Å². The fourth-order valence-corrected chi connectivity index (χ4v) is 4.90. The topological polar surface area (TPSA) is 38.2 Å². The third kappa shape index (κ3) is 3.86. The lowest BCUT2D eigenvalue weighted by atomic mass is 9.89. The molecule has 2 aromatic carbocycles. The van der Waals surface area contributed by atoms with Crippen molar-refractivity contribution in [2.24, 2.45) is 18.9 Å². The average Bonchev–Trinajstić information content (AvgIpc) is 3.49. The molecule has 1 saturated carbocycles. The summed E-state index contributed by atoms with van der Waals surface area (Å²) in [5.74, 6) is 4.67. The number of aromatic nitrogens is 1. The van der Waals surface area contributed by atoms with Gasteiger partial charge < -0.3 is 19.9 Å². The van der Waals surface area contributed by atoms with E-state index in [-0.39, 0.29) is 2.85 Å². The van der Waals surface area contributed by atoms with Gasteiger partial charge in [0.1, 0.15) is 17.3 Å². The highest BCUT2D eigenvalue weighted by molar-refractivity contribution is 5.65. The zero-order valence-electron chi connectivity index (χ0n) is 18.2. The van der Waals surface area contributed by atoms with Crippen LogP contribution in [0.15, 0.2) is 79.6 Å². The molecule has 0 spiro atoms. The lowest BCUT2D eigenvalue weighted by Gasteiger charge is -2.20. The number of anilines is 1. The lowest BCUT2D eigenvalue weighted by Crippen LogP contribution is -2.19. The van der Waals surface area contributed by atoms with Crippen LogP contribution in [-0.2, 0) is 13.5 Å². The average molecular weight is 416 g/mol. The van der Waals surface area contributed by atoms with Crippen molar-refractivity contribution >= 4 is 11.4 Å². The molecular weight excluding hydrogens is 382 g/mol. The molecule has 3 aromatic rings. The van der Waals surface area contributed by atoms with E-state index in [0.717, 1.165) is 52.8 Å². The Morgan fingerprint density at radius 2 is 1.84 bits per heavy atom. The fourth-order valence-electron chi connectivity index (χ4n) is 4.90. The second-order valence-electron chi connectivity index (χ2n) is 8.83. The molecule has 3 atom stereocenters. The van der Waals surface area contributed by atoms with Gasteiger partial charge in [-0.25, -0.2) is 0 Å². The van der Waals surface area contributed by atoms with Crippen molar-refractivity contribution in [3.8, 4) is 11.5 Å². The maximum Gasteiger partial charge on any atom is 0.129 e. The van der Waals surface area contributed by atoms with Crippen molar-refractivity contribution in [1.29, 1.82) is 0 Å². The second-order valence-corrected chi connectivity index (χ2v) is 8.83. The molecule has 3 unspecified atom stereocenters. The molecule has 4 heteroatoms. The number of nitrogens with zero attached hydrogens (tertiary/aromatic N) is 1. The maximum atomic E-state index is 5.92. The van der Waals surface area contributed by atoms with E-state index in [0.29, 0.717) is 5.82 Å². The van der Waals surface area contributed by atoms with Gasteiger partial charge in [0.05, 0.1) is 11.4 Å². The summed E-state index contributed by atoms with van der Waals surface area (Å²) >= 11 is 0. The fraction of sp³-hybridized carbons (Fsp3) is 0.259. The molecular formula is C27H33N3O. The third-order valence-corrected chi connectivity index (χ3v) is 6.60. The van der Waals surface area contributed by atoms with Crippen LogP contribution in [0.1, 0.15) is 39.1 Å². The molecule has 4 nitrogen and oxygen atoms in total. The predicted molar refractivity (Wildman–Crippen MR) is 131 cm³/mol. The molecule has 1 aromatic heterocycles. The van der Waals surface area contributed by atoms with E-state index in [4.69, 9.17) is 4.74 Å². The molecule has 0 radical (unpaired) electrons. The number of ether oxygens (including phenoxy) is 1. The van der Waals surface area contributed by atoms with E-state index in [9.17, 15) is 0 Å². The zero-order valence-corrected chi connectivity index (χ0v) is 18.2. The van der Waals surface area contributed by atoms with Gasteiger partial charge in [-0.15, -0.1) is 0 Å². The number of nitrogens with one attached hydrogen (secondary N) is 2. The lowest BCUT2D eigenvalue weighted by molar-refractivity contribution is 0.461. The summed E-state index contributed by atoms with van der Waals surface area (Å²) in [6, 6.07) is 19.9. The first kappa shape index (κ1) is 19.6. The molecule has 2 N–H and O–H groups in total. The Kier molecular flexibility index (Phi) is 4.85. The van der Waals surface area contributed by atoms with Gasteiger partial charge in [-0.3, -0.25) is 0 Å². The maximum absolute atomic E-state index is 5.92. The van der Waals surface area contributed by atoms with Crippen LogP contribution in [0.4, 0.5) is 5.69 Å². The van der Waals surface area contributed by atoms with Gasteiger partial charge in [-0.2, -0.15) is 0 Å². The molecule has 0 aliphatic heterocycles. The molecule has 2 aliphatic carbocycles. The highest BCUT2D eigenvalue weighted by Crippen LogP contribution is 2.57. The minimum atomic E-state index is 0. The summed E-state index contributed by atoms with van der Waals surface area (Å²) in [6.07, 6.45) is 2.50. The number of para-hydroxylation sites is 1. The van der Waals surface area contributed by atoms with Crippen LogP contribution in [0.2, 0.25) is 0 Å². The summed E-state index contributed by atoms with van der Waals surface area (Å²) in [6.45, 7) is 10.8. The van der Waals surface area contributed by atoms with E-state index in [1.54, 1.807) is 0 Å². The van der Waals surface area contributed by atoms with E-state index < -0.39 is 0 Å². The monoisotopic (exact) mass is 415 g/mol. The number of rotatable bonds is 7. The molecule has 162 valence electrons. The van der Waals surface area contributed by atoms with E-state index in [1.165, 1.54) is 17.7 Å². The van der Waals surface area contributed by atoms with Gasteiger partial charge >= 0.3 is 0 Å². The Bertz CT molecular complexity index is 1160. The van der Waals surface area contributed by atoms with Crippen molar-refractivity contribution < 1.29 is 7.59 Å². The Balaban J connectivity index is 0.00000153. The van der Waals surface area contributed by atoms with Gasteiger partial charge in [-0.05, 0) is 66.5 Å². The normalized spacial score (nSPS) is 20.9. The summed E-state index contributed by atoms with van der Waals surface area (Å²) in [4.78, 5) is 0. The highest BCUT2D eigenvalue weighted by Gasteiger charge is 2.47. The summed E-state index contributed by atoms with van der Waals surface area (Å²) in [7, 11) is 2.15. The Labute approximate surface area is 187 Å². The summed E-state index contributed by atoms with van der Waals surface area (Å²) in [5, 5.41) is 6.66. The number of hydrogen-bond donors (Lipinski definition) is 2. The minimum absolute atomic E-state index is 0. The standard InChI is InChI=1S/C27H29N3O.2H2/c1-17-13-27-25(24-15-23(17)24)16-26(30(27)4)18(2)28-19(3)29-20-9-8-12-22(14-20)31-21-10-6-5-7-11-21;;/h5-12,14,16-17,23-24,28-29H,2-3,13,15H2,1,4H3;2*1H. The molecule has 0 amide bonds. The number of fused-ring (bicyclic) bond motifs is 3. The Morgan fingerprint density at radius 3 is 2.65 bits per heavy atom. The van der Waals surface area contributed by atoms with Crippen LogP contribution in [0.3, 0.4) is 0 Å². The smallest absolute Gasteiger partial charge is 0.129 e. The van der Waals surface area contributed by atoms with Crippen LogP contribution in [0.5, 0.6) is 11.5 Å². The first-order valence-electron chi connectivity index (χ1n) is 10.9. The van der Waals surface area contributed by atoms with Gasteiger partial charge in [0.2, 0.25) is 0 Å². The SMILES string of the molecule is C=C(NC(=C)c1cc2c(n1C)CC(C)C1CC21)Nc1cccc(Oc2ccccc2)c1.[HH].[HH]. The first-order chi connectivity index (χ1) is 15.0. The predicted octanol–water partition coefficient (Wildman–Crippen LogP) is 6.75. The Hall–Kier alpha value is -3.40. The Morgan fingerprint density at radius 1 is 1.06 bits per heavy atom. The molecule has 1 fully saturated rings. The van der Waals surface area contributed by atoms with Gasteiger partial charge in [0.15, 0.2) is 0 Å². The number of benzene rings is 2. The van der Waals surface area contributed by atoms with Crippen molar-refractivity contribution in [3.05, 3.63) is 96.6 Å². The molecule has 2 aliphatic rings. The zero-order chi connectivity index (χ0) is 21.5. The third-order valence-electron chi connectivity index (χ3n) is 6.60. The van der Waals surface area contributed by atoms with Crippen molar-refractivity contribution in [1.82, 2.24) is 9.88 Å². The van der Waals surface area contributed by atoms with E-state index in [2.05, 4.69) is 48.4 Å². The van der Waals surface area contributed by atoms with E-state index in [1.807, 2.05) is 54.6 Å². The van der Waals surface area contributed by atoms with Crippen LogP contribution in [-0.4, -0.2) is 4.57 Å². The van der Waals surface area contributed by atoms with Gasteiger partial charge in [-0.1, -0.05) is 44.3 Å². The van der Waals surface area contributed by atoms with Gasteiger partial charge in [0.25, 0.3) is 0 Å². The molecule has 31 heavy (non-hydrogen) atoms. The molecule has 5 rings (SSSR count). The minimum Gasteiger partial charge on any atom is -0.457 e. The largest absolute Gasteiger partial charge is 0.457 e. The van der Waals surface area contributed by atoms with Crippen LogP contribution in [0.25, 0.3) is 5.70 Å². The first-order valence-corrected chi connectivity index (χ1v) is 10.9. The summed E-state index contributed by atoms with van der Waals surface area (Å²) < 4.78 is 8.23. The second kappa shape index (κ2) is 7.69. The van der Waals surface area contributed by atoms with E-state index >= 15 is 0 Å². The molecule has 1 heterocycles. The van der Waals surface area contributed by atoms with Crippen molar-refractivity contribution in [3.63, 3.8) is 0 Å². The molecule has 0 bridgehead atoms. The number of hydrogen-bond acceptors (Lipinski definition) is 3. The summed E-state index contributed by atoms with van der Waals surface area (Å²) in [5.41, 5.74) is 5.88.